The third-order valence-corrected chi connectivity index (χ3v) is 6.96. The van der Waals surface area contributed by atoms with E-state index < -0.39 is 5.54 Å². The zero-order chi connectivity index (χ0) is 17.8. The van der Waals surface area contributed by atoms with Crippen LogP contribution in [0, 0.1) is 23.7 Å². The van der Waals surface area contributed by atoms with Crippen LogP contribution in [0.1, 0.15) is 58.8 Å². The zero-order valence-electron chi connectivity index (χ0n) is 15.2. The Balaban J connectivity index is 1.41. The maximum Gasteiger partial charge on any atom is 0.325 e. The molecule has 1 heterocycles. The molecule has 0 unspecified atom stereocenters. The first-order chi connectivity index (χ1) is 11.9. The van der Waals surface area contributed by atoms with Gasteiger partial charge < -0.3 is 10.6 Å². The van der Waals surface area contributed by atoms with Crippen LogP contribution in [0.15, 0.2) is 0 Å². The maximum absolute atomic E-state index is 13.0. The van der Waals surface area contributed by atoms with Crippen molar-refractivity contribution >= 4 is 17.8 Å². The molecule has 4 aliphatic rings. The number of hydrogen-bond donors (Lipinski definition) is 2. The lowest BCUT2D eigenvalue weighted by molar-refractivity contribution is -0.136. The van der Waals surface area contributed by atoms with Gasteiger partial charge in [-0.25, -0.2) is 4.79 Å². The largest absolute Gasteiger partial charge is 0.352 e. The van der Waals surface area contributed by atoms with Gasteiger partial charge in [-0.1, -0.05) is 26.7 Å². The van der Waals surface area contributed by atoms with E-state index in [0.717, 1.165) is 43.4 Å². The van der Waals surface area contributed by atoms with E-state index in [2.05, 4.69) is 24.5 Å². The van der Waals surface area contributed by atoms with Crippen LogP contribution in [-0.4, -0.2) is 40.9 Å². The van der Waals surface area contributed by atoms with Crippen LogP contribution >= 0.6 is 0 Å². The zero-order valence-corrected chi connectivity index (χ0v) is 15.2. The van der Waals surface area contributed by atoms with E-state index in [-0.39, 0.29) is 42.3 Å². The van der Waals surface area contributed by atoms with Crippen molar-refractivity contribution in [3.05, 3.63) is 0 Å². The van der Waals surface area contributed by atoms with Gasteiger partial charge in [-0.05, 0) is 55.8 Å². The lowest BCUT2D eigenvalue weighted by Gasteiger charge is -2.34. The molecule has 3 aliphatic carbocycles. The molecule has 25 heavy (non-hydrogen) atoms. The van der Waals surface area contributed by atoms with Gasteiger partial charge in [0.05, 0.1) is 0 Å². The van der Waals surface area contributed by atoms with Gasteiger partial charge >= 0.3 is 6.03 Å². The molecule has 4 fully saturated rings. The maximum atomic E-state index is 13.0. The second-order valence-electron chi connectivity index (χ2n) is 8.68. The van der Waals surface area contributed by atoms with Gasteiger partial charge in [0, 0.05) is 6.04 Å². The predicted molar refractivity (Wildman–Crippen MR) is 92.5 cm³/mol. The van der Waals surface area contributed by atoms with Crippen LogP contribution in [0.4, 0.5) is 4.79 Å². The Kier molecular flexibility index (Phi) is 4.04. The number of urea groups is 1. The van der Waals surface area contributed by atoms with Crippen molar-refractivity contribution in [1.82, 2.24) is 15.5 Å². The highest BCUT2D eigenvalue weighted by Crippen LogP contribution is 2.54. The fraction of sp³-hybridized carbons (Fsp3) is 0.842. The third kappa shape index (κ3) is 2.83. The molecule has 3 saturated carbocycles. The van der Waals surface area contributed by atoms with E-state index >= 15 is 0 Å². The van der Waals surface area contributed by atoms with Crippen molar-refractivity contribution in [2.75, 3.05) is 6.54 Å². The molecule has 1 aliphatic heterocycles. The first-order valence-corrected chi connectivity index (χ1v) is 9.87. The second-order valence-corrected chi connectivity index (χ2v) is 8.68. The van der Waals surface area contributed by atoms with Gasteiger partial charge in [-0.15, -0.1) is 0 Å². The number of rotatable bonds is 5. The highest BCUT2D eigenvalue weighted by atomic mass is 16.2. The van der Waals surface area contributed by atoms with Gasteiger partial charge in [0.25, 0.3) is 5.91 Å². The highest BCUT2D eigenvalue weighted by Gasteiger charge is 2.65. The molecule has 6 heteroatoms. The van der Waals surface area contributed by atoms with E-state index in [0.29, 0.717) is 11.8 Å². The van der Waals surface area contributed by atoms with E-state index in [9.17, 15) is 14.4 Å². The Morgan fingerprint density at radius 1 is 1.12 bits per heavy atom. The number of carbonyl (C=O) groups is 3. The number of nitrogens with zero attached hydrogens (tertiary/aromatic N) is 1. The molecule has 4 amide bonds. The summed E-state index contributed by atoms with van der Waals surface area (Å²) in [6.07, 6.45) is 7.30. The second kappa shape index (κ2) is 5.99. The Morgan fingerprint density at radius 2 is 1.76 bits per heavy atom. The number of nitrogens with one attached hydrogen (secondary N) is 2. The number of carbonyl (C=O) groups excluding carboxylic acids is 3. The SMILES string of the molecule is C[C@H]1[C@H](C)CCC[C@@H]1NC(=O)CN1C(=O)NC(C2CC2)(C2CC2)C1=O. The molecule has 6 nitrogen and oxygen atoms in total. The molecule has 1 saturated heterocycles. The quantitative estimate of drug-likeness (QED) is 0.747. The molecule has 0 aromatic rings. The van der Waals surface area contributed by atoms with Crippen LogP contribution in [0.25, 0.3) is 0 Å². The summed E-state index contributed by atoms with van der Waals surface area (Å²) >= 11 is 0. The van der Waals surface area contributed by atoms with Gasteiger partial charge in [-0.2, -0.15) is 0 Å². The Labute approximate surface area is 149 Å². The molecule has 0 spiro atoms. The van der Waals surface area contributed by atoms with Crippen LogP contribution in [0.2, 0.25) is 0 Å². The average molecular weight is 347 g/mol. The van der Waals surface area contributed by atoms with Crippen molar-refractivity contribution in [1.29, 1.82) is 0 Å². The van der Waals surface area contributed by atoms with Crippen molar-refractivity contribution in [2.24, 2.45) is 23.7 Å². The van der Waals surface area contributed by atoms with Crippen LogP contribution in [0.5, 0.6) is 0 Å². The third-order valence-electron chi connectivity index (χ3n) is 6.96. The molecule has 0 aromatic heterocycles. The Morgan fingerprint density at radius 3 is 2.36 bits per heavy atom. The lowest BCUT2D eigenvalue weighted by atomic mass is 9.78. The minimum atomic E-state index is -0.704. The molecule has 0 aromatic carbocycles. The van der Waals surface area contributed by atoms with Crippen LogP contribution in [0.3, 0.4) is 0 Å². The fourth-order valence-electron chi connectivity index (χ4n) is 4.90. The van der Waals surface area contributed by atoms with E-state index in [1.54, 1.807) is 0 Å². The van der Waals surface area contributed by atoms with Crippen molar-refractivity contribution in [3.8, 4) is 0 Å². The molecule has 4 rings (SSSR count). The van der Waals surface area contributed by atoms with Crippen LogP contribution < -0.4 is 10.6 Å². The number of hydrogen-bond acceptors (Lipinski definition) is 3. The van der Waals surface area contributed by atoms with Crippen molar-refractivity contribution in [3.63, 3.8) is 0 Å². The molecule has 0 bridgehead atoms. The molecular weight excluding hydrogens is 318 g/mol. The standard InChI is InChI=1S/C19H29N3O3/c1-11-4-3-5-15(12(11)2)20-16(23)10-22-17(24)19(13-6-7-13,14-8-9-14)21-18(22)25/h11-15H,3-10H2,1-2H3,(H,20,23)(H,21,25)/t11-,12+,15+/m1/s1. The number of amides is 4. The first kappa shape index (κ1) is 16.9. The first-order valence-electron chi connectivity index (χ1n) is 9.87. The van der Waals surface area contributed by atoms with E-state index in [1.165, 1.54) is 6.42 Å². The van der Waals surface area contributed by atoms with Crippen molar-refractivity contribution < 1.29 is 14.4 Å². The molecular formula is C19H29N3O3. The Hall–Kier alpha value is -1.59. The minimum Gasteiger partial charge on any atom is -0.352 e. The normalized spacial score (nSPS) is 34.8. The van der Waals surface area contributed by atoms with Gasteiger partial charge in [-0.3, -0.25) is 14.5 Å². The lowest BCUT2D eigenvalue weighted by Crippen LogP contribution is -2.52. The molecule has 138 valence electrons. The summed E-state index contributed by atoms with van der Waals surface area (Å²) in [6.45, 7) is 4.25. The van der Waals surface area contributed by atoms with E-state index in [4.69, 9.17) is 0 Å². The summed E-state index contributed by atoms with van der Waals surface area (Å²) in [5.74, 6) is 1.18. The average Bonchev–Trinajstić information content (AvgIpc) is 3.46. The number of imide groups is 1. The summed E-state index contributed by atoms with van der Waals surface area (Å²) in [5, 5.41) is 6.04. The highest BCUT2D eigenvalue weighted by molar-refractivity contribution is 6.09. The monoisotopic (exact) mass is 347 g/mol. The fourth-order valence-corrected chi connectivity index (χ4v) is 4.90. The molecule has 0 radical (unpaired) electrons. The predicted octanol–water partition coefficient (Wildman–Crippen LogP) is 2.04. The van der Waals surface area contributed by atoms with Crippen LogP contribution in [-0.2, 0) is 9.59 Å². The molecule has 3 atom stereocenters. The van der Waals surface area contributed by atoms with E-state index in [1.807, 2.05) is 0 Å². The van der Waals surface area contributed by atoms with Gasteiger partial charge in [0.15, 0.2) is 0 Å². The Bertz CT molecular complexity index is 585. The van der Waals surface area contributed by atoms with Gasteiger partial charge in [0.1, 0.15) is 12.1 Å². The minimum absolute atomic E-state index is 0.147. The summed E-state index contributed by atoms with van der Waals surface area (Å²) in [7, 11) is 0. The summed E-state index contributed by atoms with van der Waals surface area (Å²) in [6, 6.07) is -0.238. The van der Waals surface area contributed by atoms with Crippen molar-refractivity contribution in [2.45, 2.75) is 70.4 Å². The summed E-state index contributed by atoms with van der Waals surface area (Å²) in [5.41, 5.74) is -0.704. The smallest absolute Gasteiger partial charge is 0.325 e. The summed E-state index contributed by atoms with van der Waals surface area (Å²) in [4.78, 5) is 39.1. The topological polar surface area (TPSA) is 78.5 Å². The summed E-state index contributed by atoms with van der Waals surface area (Å²) < 4.78 is 0. The molecule has 2 N–H and O–H groups in total. The van der Waals surface area contributed by atoms with Gasteiger partial charge in [0.2, 0.25) is 5.91 Å².